The molecule has 0 unspecified atom stereocenters. The van der Waals surface area contributed by atoms with Gasteiger partial charge < -0.3 is 19.9 Å². The van der Waals surface area contributed by atoms with E-state index in [1.165, 1.54) is 5.56 Å². The molecule has 0 radical (unpaired) electrons. The molecule has 0 saturated carbocycles. The van der Waals surface area contributed by atoms with Crippen LogP contribution in [0.1, 0.15) is 18.4 Å². The van der Waals surface area contributed by atoms with Gasteiger partial charge in [-0.05, 0) is 37.5 Å². The number of ether oxygens (including phenoxy) is 1. The van der Waals surface area contributed by atoms with Crippen LogP contribution in [0.25, 0.3) is 0 Å². The van der Waals surface area contributed by atoms with E-state index in [0.717, 1.165) is 56.3 Å². The molecular weight excluding hydrogens is 354 g/mol. The second kappa shape index (κ2) is 8.56. The van der Waals surface area contributed by atoms with E-state index >= 15 is 0 Å². The van der Waals surface area contributed by atoms with Crippen LogP contribution in [-0.2, 0) is 9.53 Å². The van der Waals surface area contributed by atoms with Gasteiger partial charge in [0.05, 0.1) is 13.2 Å². The summed E-state index contributed by atoms with van der Waals surface area (Å²) in [5, 5.41) is 3.34. The number of hydrogen-bond donors (Lipinski definition) is 1. The highest BCUT2D eigenvalue weighted by atomic mass is 16.5. The van der Waals surface area contributed by atoms with Gasteiger partial charge in [-0.25, -0.2) is 9.97 Å². The third-order valence-electron chi connectivity index (χ3n) is 5.43. The summed E-state index contributed by atoms with van der Waals surface area (Å²) in [5.41, 5.74) is 2.21. The lowest BCUT2D eigenvalue weighted by Gasteiger charge is -2.36. The van der Waals surface area contributed by atoms with Crippen molar-refractivity contribution in [3.63, 3.8) is 0 Å². The topological polar surface area (TPSA) is 70.6 Å². The quantitative estimate of drug-likeness (QED) is 0.878. The summed E-state index contributed by atoms with van der Waals surface area (Å²) in [6, 6.07) is 10.2. The minimum Gasteiger partial charge on any atom is -0.378 e. The summed E-state index contributed by atoms with van der Waals surface area (Å²) in [6.45, 7) is 6.49. The maximum atomic E-state index is 12.7. The molecular formula is C21H27N5O2. The number of carbonyl (C=O) groups excluding carboxylic acids is 1. The van der Waals surface area contributed by atoms with E-state index in [1.807, 2.05) is 23.1 Å². The number of rotatable bonds is 4. The van der Waals surface area contributed by atoms with Gasteiger partial charge in [0.2, 0.25) is 5.91 Å². The van der Waals surface area contributed by atoms with Crippen LogP contribution in [0.5, 0.6) is 0 Å². The normalized spacial score (nSPS) is 18.2. The van der Waals surface area contributed by atoms with Gasteiger partial charge in [0, 0.05) is 43.9 Å². The van der Waals surface area contributed by atoms with E-state index in [9.17, 15) is 4.79 Å². The molecule has 2 fully saturated rings. The van der Waals surface area contributed by atoms with Crippen LogP contribution in [0.2, 0.25) is 0 Å². The van der Waals surface area contributed by atoms with E-state index in [1.54, 1.807) is 6.33 Å². The van der Waals surface area contributed by atoms with Crippen LogP contribution in [0.3, 0.4) is 0 Å². The largest absolute Gasteiger partial charge is 0.378 e. The number of morpholine rings is 1. The first-order chi connectivity index (χ1) is 13.7. The van der Waals surface area contributed by atoms with E-state index < -0.39 is 0 Å². The van der Waals surface area contributed by atoms with Gasteiger partial charge in [0.15, 0.2) is 0 Å². The molecule has 2 aliphatic heterocycles. The molecule has 4 rings (SSSR count). The highest BCUT2D eigenvalue weighted by Crippen LogP contribution is 2.25. The summed E-state index contributed by atoms with van der Waals surface area (Å²) in [4.78, 5) is 25.7. The Morgan fingerprint density at radius 3 is 2.64 bits per heavy atom. The Hall–Kier alpha value is -2.67. The third kappa shape index (κ3) is 4.42. The zero-order valence-electron chi connectivity index (χ0n) is 16.3. The van der Waals surface area contributed by atoms with Crippen molar-refractivity contribution in [1.82, 2.24) is 14.9 Å². The van der Waals surface area contributed by atoms with Gasteiger partial charge in [-0.2, -0.15) is 0 Å². The fourth-order valence-electron chi connectivity index (χ4n) is 3.86. The number of hydrogen-bond acceptors (Lipinski definition) is 6. The predicted octanol–water partition coefficient (Wildman–Crippen LogP) is 2.60. The van der Waals surface area contributed by atoms with Gasteiger partial charge >= 0.3 is 0 Å². The number of aryl methyl sites for hydroxylation is 1. The molecule has 3 heterocycles. The number of aromatic nitrogens is 2. The van der Waals surface area contributed by atoms with Crippen LogP contribution in [-0.4, -0.2) is 60.2 Å². The summed E-state index contributed by atoms with van der Waals surface area (Å²) >= 11 is 0. The average molecular weight is 381 g/mol. The maximum absolute atomic E-state index is 12.7. The number of amides is 1. The van der Waals surface area contributed by atoms with Crippen LogP contribution < -0.4 is 10.2 Å². The Morgan fingerprint density at radius 1 is 1.11 bits per heavy atom. The Bertz CT molecular complexity index is 814. The highest BCUT2D eigenvalue weighted by Gasteiger charge is 2.29. The molecule has 2 aliphatic rings. The second-order valence-corrected chi connectivity index (χ2v) is 7.45. The van der Waals surface area contributed by atoms with Crippen molar-refractivity contribution in [1.29, 1.82) is 0 Å². The molecule has 1 aromatic carbocycles. The van der Waals surface area contributed by atoms with Gasteiger partial charge in [-0.3, -0.25) is 4.79 Å². The Labute approximate surface area is 165 Å². The number of piperidine rings is 1. The Balaban J connectivity index is 1.36. The fraction of sp³-hybridized carbons (Fsp3) is 0.476. The van der Waals surface area contributed by atoms with E-state index in [0.29, 0.717) is 13.2 Å². The molecule has 0 spiro atoms. The monoisotopic (exact) mass is 381 g/mol. The zero-order valence-corrected chi connectivity index (χ0v) is 16.3. The van der Waals surface area contributed by atoms with Crippen molar-refractivity contribution >= 4 is 23.2 Å². The molecule has 28 heavy (non-hydrogen) atoms. The number of carbonyl (C=O) groups is 1. The molecule has 1 aromatic heterocycles. The van der Waals surface area contributed by atoms with Crippen molar-refractivity contribution in [2.45, 2.75) is 19.8 Å². The van der Waals surface area contributed by atoms with Crippen molar-refractivity contribution in [2.24, 2.45) is 5.92 Å². The summed E-state index contributed by atoms with van der Waals surface area (Å²) in [6.07, 6.45) is 3.32. The van der Waals surface area contributed by atoms with Gasteiger partial charge in [-0.15, -0.1) is 0 Å². The fourth-order valence-corrected chi connectivity index (χ4v) is 3.86. The van der Waals surface area contributed by atoms with Crippen LogP contribution in [0.15, 0.2) is 36.7 Å². The van der Waals surface area contributed by atoms with Crippen LogP contribution >= 0.6 is 0 Å². The molecule has 148 valence electrons. The number of nitrogens with one attached hydrogen (secondary N) is 1. The molecule has 1 N–H and O–H groups in total. The number of anilines is 3. The molecule has 0 bridgehead atoms. The molecule has 1 amide bonds. The third-order valence-corrected chi connectivity index (χ3v) is 5.43. The van der Waals surface area contributed by atoms with Gasteiger partial charge in [0.1, 0.15) is 18.0 Å². The van der Waals surface area contributed by atoms with Crippen molar-refractivity contribution in [3.8, 4) is 0 Å². The summed E-state index contributed by atoms with van der Waals surface area (Å²) in [7, 11) is 0. The van der Waals surface area contributed by atoms with Gasteiger partial charge in [0.25, 0.3) is 0 Å². The predicted molar refractivity (Wildman–Crippen MR) is 109 cm³/mol. The molecule has 7 nitrogen and oxygen atoms in total. The SMILES string of the molecule is Cc1cccc(Nc2cc(N3CCC(C(=O)N4CCOCC4)CC3)ncn2)c1. The minimum absolute atomic E-state index is 0.112. The van der Waals surface area contributed by atoms with Crippen LogP contribution in [0, 0.1) is 12.8 Å². The Kier molecular flexibility index (Phi) is 5.71. The highest BCUT2D eigenvalue weighted by molar-refractivity contribution is 5.79. The van der Waals surface area contributed by atoms with E-state index in [2.05, 4.69) is 39.2 Å². The zero-order chi connectivity index (χ0) is 19.3. The Morgan fingerprint density at radius 2 is 1.89 bits per heavy atom. The molecule has 0 atom stereocenters. The first-order valence-corrected chi connectivity index (χ1v) is 9.96. The van der Waals surface area contributed by atoms with Crippen LogP contribution in [0.4, 0.5) is 17.3 Å². The lowest BCUT2D eigenvalue weighted by atomic mass is 9.95. The lowest BCUT2D eigenvalue weighted by molar-refractivity contribution is -0.140. The first-order valence-electron chi connectivity index (χ1n) is 9.96. The number of nitrogens with zero attached hydrogens (tertiary/aromatic N) is 4. The van der Waals surface area contributed by atoms with Crippen molar-refractivity contribution in [2.75, 3.05) is 49.6 Å². The minimum atomic E-state index is 0.112. The van der Waals surface area contributed by atoms with E-state index in [-0.39, 0.29) is 11.8 Å². The number of benzene rings is 1. The molecule has 7 heteroatoms. The first kappa shape index (κ1) is 18.7. The molecule has 0 aliphatic carbocycles. The van der Waals surface area contributed by atoms with Gasteiger partial charge in [-0.1, -0.05) is 12.1 Å². The van der Waals surface area contributed by atoms with Crippen molar-refractivity contribution < 1.29 is 9.53 Å². The smallest absolute Gasteiger partial charge is 0.225 e. The molecule has 2 saturated heterocycles. The average Bonchev–Trinajstić information content (AvgIpc) is 2.74. The summed E-state index contributed by atoms with van der Waals surface area (Å²) in [5.74, 6) is 2.08. The lowest BCUT2D eigenvalue weighted by Crippen LogP contribution is -2.46. The second-order valence-electron chi connectivity index (χ2n) is 7.45. The summed E-state index contributed by atoms with van der Waals surface area (Å²) < 4.78 is 5.35. The standard InChI is InChI=1S/C21H27N5O2/c1-16-3-2-4-18(13-16)24-19-14-20(23-15-22-19)25-7-5-17(6-8-25)21(27)26-9-11-28-12-10-26/h2-4,13-15,17H,5-12H2,1H3,(H,22,23,24). The molecule has 2 aromatic rings. The van der Waals surface area contributed by atoms with Crippen molar-refractivity contribution in [3.05, 3.63) is 42.2 Å². The maximum Gasteiger partial charge on any atom is 0.225 e. The van der Waals surface area contributed by atoms with E-state index in [4.69, 9.17) is 4.74 Å².